The van der Waals surface area contributed by atoms with Crippen molar-refractivity contribution in [1.82, 2.24) is 9.55 Å². The summed E-state index contributed by atoms with van der Waals surface area (Å²) in [5.41, 5.74) is 2.03. The van der Waals surface area contributed by atoms with Crippen molar-refractivity contribution in [1.29, 1.82) is 0 Å². The molecule has 0 aliphatic rings. The van der Waals surface area contributed by atoms with Gasteiger partial charge in [-0.05, 0) is 30.3 Å². The van der Waals surface area contributed by atoms with E-state index in [9.17, 15) is 0 Å². The Bertz CT molecular complexity index is 670. The van der Waals surface area contributed by atoms with Gasteiger partial charge in [-0.1, -0.05) is 18.5 Å². The Morgan fingerprint density at radius 2 is 2.22 bits per heavy atom. The van der Waals surface area contributed by atoms with Gasteiger partial charge in [0.15, 0.2) is 0 Å². The van der Waals surface area contributed by atoms with E-state index in [1.165, 1.54) is 0 Å². The largest absolute Gasteiger partial charge is 0.467 e. The van der Waals surface area contributed by atoms with Gasteiger partial charge >= 0.3 is 0 Å². The number of hydrogen-bond donors (Lipinski definition) is 0. The number of rotatable bonds is 3. The van der Waals surface area contributed by atoms with E-state index in [0.29, 0.717) is 6.54 Å². The van der Waals surface area contributed by atoms with E-state index in [1.54, 1.807) is 6.26 Å². The summed E-state index contributed by atoms with van der Waals surface area (Å²) >= 11 is 6.06. The summed E-state index contributed by atoms with van der Waals surface area (Å²) in [6.07, 6.45) is 2.57. The van der Waals surface area contributed by atoms with E-state index in [1.807, 2.05) is 30.3 Å². The molecule has 0 bridgehead atoms. The maximum Gasteiger partial charge on any atom is 0.123 e. The minimum atomic E-state index is 0.688. The molecule has 3 aromatic rings. The lowest BCUT2D eigenvalue weighted by Gasteiger charge is -2.05. The Balaban J connectivity index is 2.15. The van der Waals surface area contributed by atoms with Gasteiger partial charge in [0.1, 0.15) is 11.6 Å². The first-order valence-corrected chi connectivity index (χ1v) is 6.33. The third-order valence-corrected chi connectivity index (χ3v) is 3.23. The number of furan rings is 1. The van der Waals surface area contributed by atoms with Crippen LogP contribution in [0, 0.1) is 0 Å². The minimum absolute atomic E-state index is 0.688. The zero-order valence-electron chi connectivity index (χ0n) is 10.1. The van der Waals surface area contributed by atoms with Crippen molar-refractivity contribution in [2.24, 2.45) is 0 Å². The summed E-state index contributed by atoms with van der Waals surface area (Å²) in [4.78, 5) is 4.62. The van der Waals surface area contributed by atoms with Crippen molar-refractivity contribution in [2.75, 3.05) is 0 Å². The lowest BCUT2D eigenvalue weighted by atomic mass is 10.3. The Morgan fingerprint density at radius 3 is 2.94 bits per heavy atom. The summed E-state index contributed by atoms with van der Waals surface area (Å²) in [5, 5.41) is 0.728. The van der Waals surface area contributed by atoms with Crippen LogP contribution in [0.25, 0.3) is 11.0 Å². The number of imidazole rings is 1. The summed E-state index contributed by atoms with van der Waals surface area (Å²) < 4.78 is 7.56. The van der Waals surface area contributed by atoms with E-state index in [4.69, 9.17) is 16.0 Å². The molecule has 0 saturated carbocycles. The summed E-state index contributed by atoms with van der Waals surface area (Å²) in [6, 6.07) is 9.64. The van der Waals surface area contributed by atoms with Crippen LogP contribution in [-0.2, 0) is 13.0 Å². The number of halogens is 1. The van der Waals surface area contributed by atoms with Crippen LogP contribution in [0.15, 0.2) is 41.0 Å². The van der Waals surface area contributed by atoms with E-state index in [0.717, 1.165) is 34.1 Å². The Morgan fingerprint density at radius 1 is 1.33 bits per heavy atom. The van der Waals surface area contributed by atoms with Crippen molar-refractivity contribution < 1.29 is 4.42 Å². The number of aryl methyl sites for hydroxylation is 1. The molecule has 0 amide bonds. The zero-order valence-corrected chi connectivity index (χ0v) is 10.8. The predicted molar refractivity (Wildman–Crippen MR) is 71.9 cm³/mol. The standard InChI is InChI=1S/C14H13ClN2O/c1-2-14-16-12-6-5-10(15)8-13(12)17(14)9-11-4-3-7-18-11/h3-8H,2,9H2,1H3. The van der Waals surface area contributed by atoms with Crippen molar-refractivity contribution >= 4 is 22.6 Å². The van der Waals surface area contributed by atoms with Gasteiger partial charge in [-0.25, -0.2) is 4.98 Å². The second-order valence-electron chi connectivity index (χ2n) is 4.18. The third kappa shape index (κ3) is 1.91. The first kappa shape index (κ1) is 11.4. The van der Waals surface area contributed by atoms with Crippen LogP contribution < -0.4 is 0 Å². The molecule has 2 heterocycles. The van der Waals surface area contributed by atoms with Gasteiger partial charge < -0.3 is 8.98 Å². The minimum Gasteiger partial charge on any atom is -0.467 e. The van der Waals surface area contributed by atoms with Crippen LogP contribution in [0.5, 0.6) is 0 Å². The average Bonchev–Trinajstić information content (AvgIpc) is 2.98. The fourth-order valence-corrected chi connectivity index (χ4v) is 2.32. The molecule has 0 fully saturated rings. The van der Waals surface area contributed by atoms with Gasteiger partial charge in [-0.2, -0.15) is 0 Å². The molecule has 0 N–H and O–H groups in total. The van der Waals surface area contributed by atoms with Crippen molar-refractivity contribution in [2.45, 2.75) is 19.9 Å². The SMILES string of the molecule is CCc1nc2ccc(Cl)cc2n1Cc1ccco1. The predicted octanol–water partition coefficient (Wildman–Crippen LogP) is 3.89. The van der Waals surface area contributed by atoms with Gasteiger partial charge in [0.2, 0.25) is 0 Å². The third-order valence-electron chi connectivity index (χ3n) is 3.00. The topological polar surface area (TPSA) is 31.0 Å². The monoisotopic (exact) mass is 260 g/mol. The quantitative estimate of drug-likeness (QED) is 0.715. The highest BCUT2D eigenvalue weighted by molar-refractivity contribution is 6.31. The van der Waals surface area contributed by atoms with Crippen LogP contribution in [-0.4, -0.2) is 9.55 Å². The number of hydrogen-bond acceptors (Lipinski definition) is 2. The molecule has 0 spiro atoms. The van der Waals surface area contributed by atoms with E-state index in [-0.39, 0.29) is 0 Å². The number of fused-ring (bicyclic) bond motifs is 1. The maximum absolute atomic E-state index is 6.06. The van der Waals surface area contributed by atoms with Crippen LogP contribution in [0.4, 0.5) is 0 Å². The molecular formula is C14H13ClN2O. The van der Waals surface area contributed by atoms with E-state index >= 15 is 0 Å². The molecule has 2 aromatic heterocycles. The van der Waals surface area contributed by atoms with Gasteiger partial charge in [0.05, 0.1) is 23.8 Å². The first-order valence-electron chi connectivity index (χ1n) is 5.95. The molecule has 0 aliphatic heterocycles. The first-order chi connectivity index (χ1) is 8.78. The Hall–Kier alpha value is -1.74. The lowest BCUT2D eigenvalue weighted by molar-refractivity contribution is 0.492. The second-order valence-corrected chi connectivity index (χ2v) is 4.62. The van der Waals surface area contributed by atoms with Gasteiger partial charge in [-0.15, -0.1) is 0 Å². The molecule has 0 aliphatic carbocycles. The van der Waals surface area contributed by atoms with Crippen LogP contribution in [0.1, 0.15) is 18.5 Å². The normalized spacial score (nSPS) is 11.2. The molecule has 4 heteroatoms. The van der Waals surface area contributed by atoms with Crippen molar-refractivity contribution in [3.8, 4) is 0 Å². The molecule has 0 saturated heterocycles. The number of benzene rings is 1. The fraction of sp³-hybridized carbons (Fsp3) is 0.214. The molecule has 3 nitrogen and oxygen atoms in total. The molecule has 3 rings (SSSR count). The molecule has 0 radical (unpaired) electrons. The summed E-state index contributed by atoms with van der Waals surface area (Å²) in [6.45, 7) is 2.79. The fourth-order valence-electron chi connectivity index (χ4n) is 2.15. The van der Waals surface area contributed by atoms with Gasteiger partial charge in [0.25, 0.3) is 0 Å². The zero-order chi connectivity index (χ0) is 12.5. The van der Waals surface area contributed by atoms with Crippen LogP contribution >= 0.6 is 11.6 Å². The molecular weight excluding hydrogens is 248 g/mol. The summed E-state index contributed by atoms with van der Waals surface area (Å²) in [5.74, 6) is 1.97. The Kier molecular flexibility index (Phi) is 2.84. The van der Waals surface area contributed by atoms with Crippen molar-refractivity contribution in [3.05, 3.63) is 53.2 Å². The number of aromatic nitrogens is 2. The number of nitrogens with zero attached hydrogens (tertiary/aromatic N) is 2. The molecule has 18 heavy (non-hydrogen) atoms. The van der Waals surface area contributed by atoms with Crippen molar-refractivity contribution in [3.63, 3.8) is 0 Å². The molecule has 0 unspecified atom stereocenters. The Labute approximate surface area is 110 Å². The van der Waals surface area contributed by atoms with E-state index < -0.39 is 0 Å². The van der Waals surface area contributed by atoms with Crippen LogP contribution in [0.2, 0.25) is 5.02 Å². The highest BCUT2D eigenvalue weighted by Crippen LogP contribution is 2.22. The van der Waals surface area contributed by atoms with Gasteiger partial charge in [0, 0.05) is 11.4 Å². The highest BCUT2D eigenvalue weighted by atomic mass is 35.5. The smallest absolute Gasteiger partial charge is 0.123 e. The van der Waals surface area contributed by atoms with Gasteiger partial charge in [-0.3, -0.25) is 0 Å². The summed E-state index contributed by atoms with van der Waals surface area (Å²) in [7, 11) is 0. The molecule has 1 aromatic carbocycles. The average molecular weight is 261 g/mol. The second kappa shape index (κ2) is 4.50. The molecule has 0 atom stereocenters. The van der Waals surface area contributed by atoms with E-state index in [2.05, 4.69) is 16.5 Å². The lowest BCUT2D eigenvalue weighted by Crippen LogP contribution is -2.03. The highest BCUT2D eigenvalue weighted by Gasteiger charge is 2.11. The van der Waals surface area contributed by atoms with Crippen LogP contribution in [0.3, 0.4) is 0 Å². The molecule has 92 valence electrons. The maximum atomic E-state index is 6.06.